The van der Waals surface area contributed by atoms with Gasteiger partial charge in [0.25, 0.3) is 0 Å². The highest BCUT2D eigenvalue weighted by molar-refractivity contribution is 7.99. The normalized spacial score (nSPS) is 10.4. The molecule has 2 rings (SSSR count). The Balaban J connectivity index is 1.93. The predicted octanol–water partition coefficient (Wildman–Crippen LogP) is 0.930. The van der Waals surface area contributed by atoms with Crippen LogP contribution in [0, 0.1) is 0 Å². The van der Waals surface area contributed by atoms with Crippen molar-refractivity contribution in [2.75, 3.05) is 25.3 Å². The average molecular weight is 340 g/mol. The van der Waals surface area contributed by atoms with E-state index in [4.69, 9.17) is 9.47 Å². The zero-order chi connectivity index (χ0) is 16.8. The first-order chi connectivity index (χ1) is 11.0. The van der Waals surface area contributed by atoms with Crippen molar-refractivity contribution >= 4 is 23.4 Å². The Morgan fingerprint density at radius 2 is 2.17 bits per heavy atom. The van der Waals surface area contributed by atoms with Crippen LogP contribution in [0.1, 0.15) is 6.42 Å². The van der Waals surface area contributed by atoms with E-state index in [1.807, 2.05) is 0 Å². The van der Waals surface area contributed by atoms with Gasteiger partial charge in [-0.25, -0.2) is 4.79 Å². The van der Waals surface area contributed by atoms with Gasteiger partial charge in [0.15, 0.2) is 7.05 Å². The number of hydrogen-bond acceptors (Lipinski definition) is 6. The molecule has 1 aromatic carbocycles. The molecule has 0 atom stereocenters. The molecule has 1 amide bonds. The van der Waals surface area contributed by atoms with Crippen molar-refractivity contribution in [3.63, 3.8) is 0 Å². The molecule has 0 fully saturated rings. The number of amides is 1. The molecule has 8 nitrogen and oxygen atoms in total. The molecule has 0 unspecified atom stereocenters. The molecular formula is C14H18N3O5S+. The van der Waals surface area contributed by atoms with Gasteiger partial charge in [0.2, 0.25) is 5.91 Å². The van der Waals surface area contributed by atoms with Gasteiger partial charge in [-0.1, -0.05) is 4.68 Å². The molecule has 23 heavy (non-hydrogen) atoms. The number of aryl methyl sites for hydroxylation is 1. The van der Waals surface area contributed by atoms with Crippen LogP contribution >= 0.6 is 11.8 Å². The van der Waals surface area contributed by atoms with Gasteiger partial charge in [0.1, 0.15) is 11.5 Å². The quantitative estimate of drug-likeness (QED) is 0.575. The molecule has 2 aromatic rings. The molecule has 0 saturated heterocycles. The lowest BCUT2D eigenvalue weighted by Crippen LogP contribution is -2.33. The number of carbonyl (C=O) groups is 1. The number of aromatic nitrogens is 2. The van der Waals surface area contributed by atoms with Crippen LogP contribution in [0.15, 0.2) is 32.5 Å². The second-order valence-corrected chi connectivity index (χ2v) is 5.64. The fourth-order valence-electron chi connectivity index (χ4n) is 1.85. The molecule has 2 N–H and O–H groups in total. The predicted molar refractivity (Wildman–Crippen MR) is 84.0 cm³/mol. The third-order valence-corrected chi connectivity index (χ3v) is 4.13. The fraction of sp³-hybridized carbons (Fsp3) is 0.357. The van der Waals surface area contributed by atoms with Gasteiger partial charge in [-0.2, -0.15) is 0 Å². The summed E-state index contributed by atoms with van der Waals surface area (Å²) in [5, 5.41) is 5.61. The zero-order valence-corrected chi connectivity index (χ0v) is 13.9. The van der Waals surface area contributed by atoms with Gasteiger partial charge in [-0.15, -0.1) is 0 Å². The third kappa shape index (κ3) is 4.28. The lowest BCUT2D eigenvalue weighted by atomic mass is 10.2. The van der Waals surface area contributed by atoms with Crippen LogP contribution in [-0.4, -0.2) is 31.2 Å². The molecular weight excluding hydrogens is 322 g/mol. The van der Waals surface area contributed by atoms with E-state index < -0.39 is 5.63 Å². The summed E-state index contributed by atoms with van der Waals surface area (Å²) in [6.07, 6.45) is 0.232. The lowest BCUT2D eigenvalue weighted by Gasteiger charge is -2.11. The standard InChI is InChI=1S/C14H17N3O5S/c1-17-13(14(19)22-16-17)23-7-6-12(18)15-10-8-9(20-2)4-5-11(10)21-3/h4-5,8H,6-7H2,1-3H3,(H-,15,16,18,19)/p+1. The van der Waals surface area contributed by atoms with Gasteiger partial charge >= 0.3 is 10.7 Å². The number of methoxy groups -OCH3 is 2. The molecule has 0 spiro atoms. The van der Waals surface area contributed by atoms with Crippen LogP contribution in [0.3, 0.4) is 0 Å². The average Bonchev–Trinajstić information content (AvgIpc) is 2.86. The van der Waals surface area contributed by atoms with Gasteiger partial charge in [-0.05, 0) is 29.2 Å². The highest BCUT2D eigenvalue weighted by Gasteiger charge is 2.18. The van der Waals surface area contributed by atoms with Crippen LogP contribution < -0.4 is 25.1 Å². The second-order valence-electron chi connectivity index (χ2n) is 4.56. The number of ether oxygens (including phenoxy) is 2. The largest absolute Gasteiger partial charge is 0.497 e. The first kappa shape index (κ1) is 16.9. The Hall–Kier alpha value is -2.42. The van der Waals surface area contributed by atoms with Crippen molar-refractivity contribution in [3.05, 3.63) is 28.6 Å². The van der Waals surface area contributed by atoms with Gasteiger partial charge < -0.3 is 14.8 Å². The van der Waals surface area contributed by atoms with Crippen LogP contribution in [-0.2, 0) is 11.8 Å². The summed E-state index contributed by atoms with van der Waals surface area (Å²) in [5.74, 6) is 1.41. The maximum atomic E-state index is 12.0. The summed E-state index contributed by atoms with van der Waals surface area (Å²) in [6.45, 7) is 0. The number of aromatic amines is 1. The number of nitrogens with one attached hydrogen (secondary N) is 2. The monoisotopic (exact) mass is 340 g/mol. The maximum Gasteiger partial charge on any atom is 0.441 e. The Morgan fingerprint density at radius 3 is 2.78 bits per heavy atom. The summed E-state index contributed by atoms with van der Waals surface area (Å²) in [6, 6.07) is 5.15. The number of nitrogens with zero attached hydrogens (tertiary/aromatic N) is 1. The minimum absolute atomic E-state index is 0.188. The van der Waals surface area contributed by atoms with E-state index in [2.05, 4.69) is 15.1 Å². The molecule has 124 valence electrons. The first-order valence-electron chi connectivity index (χ1n) is 6.77. The number of hydrogen-bond donors (Lipinski definition) is 2. The Labute approximate surface area is 136 Å². The van der Waals surface area contributed by atoms with E-state index in [1.165, 1.54) is 23.6 Å². The molecule has 1 heterocycles. The van der Waals surface area contributed by atoms with Crippen LogP contribution in [0.4, 0.5) is 5.69 Å². The number of benzene rings is 1. The van der Waals surface area contributed by atoms with Gasteiger partial charge in [-0.3, -0.25) is 9.32 Å². The van der Waals surface area contributed by atoms with Crippen LogP contribution in [0.25, 0.3) is 0 Å². The smallest absolute Gasteiger partial charge is 0.441 e. The topological polar surface area (TPSA) is 97.4 Å². The van der Waals surface area contributed by atoms with Crippen molar-refractivity contribution in [1.29, 1.82) is 0 Å². The van der Waals surface area contributed by atoms with E-state index >= 15 is 0 Å². The van der Waals surface area contributed by atoms with Crippen LogP contribution in [0.2, 0.25) is 0 Å². The molecule has 0 aliphatic carbocycles. The Bertz CT molecular complexity index is 740. The van der Waals surface area contributed by atoms with Crippen LogP contribution in [0.5, 0.6) is 11.5 Å². The van der Waals surface area contributed by atoms with Gasteiger partial charge in [0, 0.05) is 18.2 Å². The molecule has 0 bridgehead atoms. The molecule has 0 aliphatic rings. The van der Waals surface area contributed by atoms with Crippen molar-refractivity contribution in [2.24, 2.45) is 7.05 Å². The van der Waals surface area contributed by atoms with E-state index in [-0.39, 0.29) is 12.3 Å². The van der Waals surface area contributed by atoms with Crippen molar-refractivity contribution in [1.82, 2.24) is 5.27 Å². The lowest BCUT2D eigenvalue weighted by molar-refractivity contribution is -0.772. The number of thioether (sulfide) groups is 1. The highest BCUT2D eigenvalue weighted by atomic mass is 32.2. The van der Waals surface area contributed by atoms with Crippen molar-refractivity contribution in [3.8, 4) is 11.5 Å². The number of rotatable bonds is 7. The number of carbonyl (C=O) groups excluding carboxylic acids is 1. The fourth-order valence-corrected chi connectivity index (χ4v) is 2.72. The maximum absolute atomic E-state index is 12.0. The zero-order valence-electron chi connectivity index (χ0n) is 13.0. The summed E-state index contributed by atoms with van der Waals surface area (Å²) < 4.78 is 16.4. The summed E-state index contributed by atoms with van der Waals surface area (Å²) in [4.78, 5) is 23.4. The highest BCUT2D eigenvalue weighted by Crippen LogP contribution is 2.29. The summed E-state index contributed by atoms with van der Waals surface area (Å²) >= 11 is 1.25. The molecule has 0 saturated carbocycles. The number of H-pyrrole nitrogens is 1. The second kappa shape index (κ2) is 7.73. The van der Waals surface area contributed by atoms with E-state index in [0.717, 1.165) is 0 Å². The SMILES string of the molecule is COc1ccc(OC)c(NC(=O)CCSc2c(=O)o[nH][n+]2C)c1. The molecule has 1 aromatic heterocycles. The summed E-state index contributed by atoms with van der Waals surface area (Å²) in [5.41, 5.74) is 0.0842. The van der Waals surface area contributed by atoms with E-state index in [0.29, 0.717) is 28.0 Å². The van der Waals surface area contributed by atoms with E-state index in [9.17, 15) is 9.59 Å². The first-order valence-corrected chi connectivity index (χ1v) is 7.76. The third-order valence-electron chi connectivity index (χ3n) is 3.00. The molecule has 0 aliphatic heterocycles. The number of anilines is 1. The Morgan fingerprint density at radius 1 is 1.39 bits per heavy atom. The van der Waals surface area contributed by atoms with Gasteiger partial charge in [0.05, 0.1) is 19.9 Å². The minimum Gasteiger partial charge on any atom is -0.497 e. The minimum atomic E-state index is -0.452. The van der Waals surface area contributed by atoms with E-state index in [1.54, 1.807) is 32.4 Å². The van der Waals surface area contributed by atoms with Crippen molar-refractivity contribution in [2.45, 2.75) is 11.4 Å². The Kier molecular flexibility index (Phi) is 5.69. The van der Waals surface area contributed by atoms with Crippen molar-refractivity contribution < 1.29 is 23.5 Å². The summed E-state index contributed by atoms with van der Waals surface area (Å²) in [7, 11) is 4.74. The molecule has 9 heteroatoms. The molecule has 0 radical (unpaired) electrons.